The summed E-state index contributed by atoms with van der Waals surface area (Å²) in [6.45, 7) is 1.72. The van der Waals surface area contributed by atoms with Crippen LogP contribution in [0.5, 0.6) is 0 Å². The largest absolute Gasteiger partial charge is 0.396 e. The molecule has 3 N–H and O–H groups in total. The molecule has 2 rings (SSSR count). The second-order valence-electron chi connectivity index (χ2n) is 3.92. The molecule has 0 fully saturated rings. The Morgan fingerprint density at radius 2 is 2.00 bits per heavy atom. The van der Waals surface area contributed by atoms with Crippen molar-refractivity contribution in [2.75, 3.05) is 10.5 Å². The van der Waals surface area contributed by atoms with Crippen molar-refractivity contribution in [3.63, 3.8) is 0 Å². The maximum absolute atomic E-state index is 12.2. The van der Waals surface area contributed by atoms with Crippen LogP contribution in [0.4, 0.5) is 11.4 Å². The predicted molar refractivity (Wildman–Crippen MR) is 75.6 cm³/mol. The summed E-state index contributed by atoms with van der Waals surface area (Å²) in [5.74, 6) is 0. The zero-order valence-corrected chi connectivity index (χ0v) is 11.7. The Balaban J connectivity index is 2.43. The summed E-state index contributed by atoms with van der Waals surface area (Å²) >= 11 is 5.94. The molecule has 0 aliphatic carbocycles. The van der Waals surface area contributed by atoms with Gasteiger partial charge < -0.3 is 5.73 Å². The van der Waals surface area contributed by atoms with E-state index in [1.54, 1.807) is 31.2 Å². The molecule has 0 saturated carbocycles. The van der Waals surface area contributed by atoms with E-state index in [9.17, 15) is 8.42 Å². The lowest BCUT2D eigenvalue weighted by Gasteiger charge is -2.11. The Hall–Kier alpha value is -1.79. The maximum Gasteiger partial charge on any atom is 0.281 e. The van der Waals surface area contributed by atoms with Crippen LogP contribution in [0.15, 0.2) is 41.6 Å². The summed E-state index contributed by atoms with van der Waals surface area (Å²) in [5.41, 5.74) is 6.75. The highest BCUT2D eigenvalue weighted by atomic mass is 35.5. The lowest BCUT2D eigenvalue weighted by Crippen LogP contribution is -2.17. The van der Waals surface area contributed by atoms with Crippen molar-refractivity contribution in [1.29, 1.82) is 0 Å². The van der Waals surface area contributed by atoms with Crippen LogP contribution in [-0.2, 0) is 10.0 Å². The fourth-order valence-corrected chi connectivity index (χ4v) is 2.90. The molecule has 0 amide bonds. The number of rotatable bonds is 3. The Kier molecular flexibility index (Phi) is 3.64. The van der Waals surface area contributed by atoms with E-state index in [4.69, 9.17) is 17.3 Å². The van der Waals surface area contributed by atoms with E-state index in [1.165, 1.54) is 12.3 Å². The Morgan fingerprint density at radius 3 is 2.68 bits per heavy atom. The molecule has 1 aromatic heterocycles. The molecule has 1 aromatic carbocycles. The topological polar surface area (TPSA) is 85.1 Å². The van der Waals surface area contributed by atoms with Crippen molar-refractivity contribution in [2.45, 2.75) is 11.9 Å². The van der Waals surface area contributed by atoms with Gasteiger partial charge in [0, 0.05) is 11.2 Å². The summed E-state index contributed by atoms with van der Waals surface area (Å²) < 4.78 is 26.8. The van der Waals surface area contributed by atoms with Gasteiger partial charge >= 0.3 is 0 Å². The monoisotopic (exact) mass is 297 g/mol. The van der Waals surface area contributed by atoms with Crippen LogP contribution in [0.2, 0.25) is 5.02 Å². The van der Waals surface area contributed by atoms with Crippen molar-refractivity contribution < 1.29 is 8.42 Å². The smallest absolute Gasteiger partial charge is 0.281 e. The van der Waals surface area contributed by atoms with Crippen molar-refractivity contribution >= 4 is 33.0 Å². The first-order valence-electron chi connectivity index (χ1n) is 5.40. The van der Waals surface area contributed by atoms with E-state index < -0.39 is 10.0 Å². The summed E-state index contributed by atoms with van der Waals surface area (Å²) in [5, 5.41) is 0.281. The van der Waals surface area contributed by atoms with Gasteiger partial charge in [-0.3, -0.25) is 4.72 Å². The molecule has 1 heterocycles. The highest BCUT2D eigenvalue weighted by Crippen LogP contribution is 2.26. The second-order valence-corrected chi connectivity index (χ2v) is 5.92. The van der Waals surface area contributed by atoms with Gasteiger partial charge in [0.1, 0.15) is 0 Å². The highest BCUT2D eigenvalue weighted by Gasteiger charge is 2.19. The summed E-state index contributed by atoms with van der Waals surface area (Å²) in [6, 6.07) is 8.02. The number of nitrogens with one attached hydrogen (secondary N) is 1. The Morgan fingerprint density at radius 1 is 1.26 bits per heavy atom. The molecule has 0 aliphatic heterocycles. The van der Waals surface area contributed by atoms with Gasteiger partial charge in [0.2, 0.25) is 0 Å². The second kappa shape index (κ2) is 5.07. The van der Waals surface area contributed by atoms with Gasteiger partial charge in [-0.25, -0.2) is 4.98 Å². The van der Waals surface area contributed by atoms with Crippen molar-refractivity contribution in [2.24, 2.45) is 0 Å². The fourth-order valence-electron chi connectivity index (χ4n) is 1.54. The number of nitrogens with zero attached hydrogens (tertiary/aromatic N) is 1. The minimum Gasteiger partial charge on any atom is -0.396 e. The van der Waals surface area contributed by atoms with Crippen molar-refractivity contribution in [3.8, 4) is 0 Å². The van der Waals surface area contributed by atoms with Crippen molar-refractivity contribution in [1.82, 2.24) is 4.98 Å². The van der Waals surface area contributed by atoms with Gasteiger partial charge in [0.25, 0.3) is 10.0 Å². The standard InChI is InChI=1S/C12H12ClN3O2S/c1-8-9(13)4-2-6-11(8)16-19(17,18)12-10(14)5-3-7-15-12/h2-7,16H,14H2,1H3. The van der Waals surface area contributed by atoms with E-state index in [0.717, 1.165) is 0 Å². The van der Waals surface area contributed by atoms with Gasteiger partial charge in [-0.2, -0.15) is 8.42 Å². The number of aromatic nitrogens is 1. The molecule has 0 saturated heterocycles. The lowest BCUT2D eigenvalue weighted by molar-refractivity contribution is 0.598. The van der Waals surface area contributed by atoms with Crippen LogP contribution in [0.1, 0.15) is 5.56 Å². The third-order valence-corrected chi connectivity index (χ3v) is 4.32. The van der Waals surface area contributed by atoms with Crippen LogP contribution in [0.25, 0.3) is 0 Å². The summed E-state index contributed by atoms with van der Waals surface area (Å²) in [4.78, 5) is 3.79. The summed E-state index contributed by atoms with van der Waals surface area (Å²) in [7, 11) is -3.83. The molecule has 0 atom stereocenters. The number of pyridine rings is 1. The van der Waals surface area contributed by atoms with E-state index >= 15 is 0 Å². The van der Waals surface area contributed by atoms with Gasteiger partial charge in [0.05, 0.1) is 11.4 Å². The number of hydrogen-bond acceptors (Lipinski definition) is 4. The zero-order valence-electron chi connectivity index (χ0n) is 10.1. The number of sulfonamides is 1. The van der Waals surface area contributed by atoms with Crippen molar-refractivity contribution in [3.05, 3.63) is 47.1 Å². The molecule has 2 aromatic rings. The van der Waals surface area contributed by atoms with Gasteiger partial charge in [-0.1, -0.05) is 17.7 Å². The van der Waals surface area contributed by atoms with Gasteiger partial charge in [0.15, 0.2) is 5.03 Å². The first kappa shape index (κ1) is 13.6. The molecular weight excluding hydrogens is 286 g/mol. The molecule has 5 nitrogen and oxygen atoms in total. The third kappa shape index (κ3) is 2.80. The fraction of sp³-hybridized carbons (Fsp3) is 0.0833. The highest BCUT2D eigenvalue weighted by molar-refractivity contribution is 7.92. The average molecular weight is 298 g/mol. The van der Waals surface area contributed by atoms with E-state index in [1.807, 2.05) is 0 Å². The first-order chi connectivity index (χ1) is 8.92. The van der Waals surface area contributed by atoms with Crippen LogP contribution < -0.4 is 10.5 Å². The molecule has 0 radical (unpaired) electrons. The maximum atomic E-state index is 12.2. The quantitative estimate of drug-likeness (QED) is 0.911. The van der Waals surface area contributed by atoms with Crippen LogP contribution in [-0.4, -0.2) is 13.4 Å². The first-order valence-corrected chi connectivity index (χ1v) is 7.26. The molecule has 0 unspecified atom stereocenters. The third-order valence-electron chi connectivity index (χ3n) is 2.57. The number of nitrogen functional groups attached to an aromatic ring is 1. The molecule has 7 heteroatoms. The van der Waals surface area contributed by atoms with Crippen LogP contribution >= 0.6 is 11.6 Å². The van der Waals surface area contributed by atoms with E-state index in [2.05, 4.69) is 9.71 Å². The normalized spacial score (nSPS) is 11.3. The molecular formula is C12H12ClN3O2S. The van der Waals surface area contributed by atoms with Gasteiger partial charge in [-0.05, 0) is 36.8 Å². The number of benzene rings is 1. The predicted octanol–water partition coefficient (Wildman–Crippen LogP) is 2.43. The minimum atomic E-state index is -3.83. The molecule has 0 bridgehead atoms. The molecule has 19 heavy (non-hydrogen) atoms. The number of anilines is 2. The molecule has 0 aliphatic rings. The minimum absolute atomic E-state index is 0.0923. The number of nitrogens with two attached hydrogens (primary N) is 1. The Labute approximate surface area is 116 Å². The van der Waals surface area contributed by atoms with E-state index in [-0.39, 0.29) is 10.7 Å². The number of halogens is 1. The summed E-state index contributed by atoms with van der Waals surface area (Å²) in [6.07, 6.45) is 1.37. The molecule has 0 spiro atoms. The molecule has 100 valence electrons. The number of hydrogen-bond donors (Lipinski definition) is 2. The Bertz CT molecular complexity index is 717. The average Bonchev–Trinajstić information content (AvgIpc) is 2.35. The zero-order chi connectivity index (χ0) is 14.0. The van der Waals surface area contributed by atoms with Gasteiger partial charge in [-0.15, -0.1) is 0 Å². The van der Waals surface area contributed by atoms with E-state index in [0.29, 0.717) is 16.3 Å². The van der Waals surface area contributed by atoms with Crippen LogP contribution in [0, 0.1) is 6.92 Å². The lowest BCUT2D eigenvalue weighted by atomic mass is 10.2. The van der Waals surface area contributed by atoms with Crippen LogP contribution in [0.3, 0.4) is 0 Å². The SMILES string of the molecule is Cc1c(Cl)cccc1NS(=O)(=O)c1ncccc1N.